The Morgan fingerprint density at radius 2 is 1.96 bits per heavy atom. The van der Waals surface area contributed by atoms with E-state index in [2.05, 4.69) is 27.6 Å². The van der Waals surface area contributed by atoms with E-state index in [1.54, 1.807) is 36.4 Å². The summed E-state index contributed by atoms with van der Waals surface area (Å²) in [5, 5.41) is 11.0. The fourth-order valence-electron chi connectivity index (χ4n) is 2.21. The lowest BCUT2D eigenvalue weighted by Gasteiger charge is -1.99. The molecule has 1 heterocycles. The molecule has 1 aliphatic rings. The summed E-state index contributed by atoms with van der Waals surface area (Å²) in [5.74, 6) is -0.310. The second kappa shape index (κ2) is 7.39. The molecule has 6 nitrogen and oxygen atoms in total. The van der Waals surface area contributed by atoms with Crippen LogP contribution in [0.15, 0.2) is 71.4 Å². The first-order valence-corrected chi connectivity index (χ1v) is 8.31. The van der Waals surface area contributed by atoms with Gasteiger partial charge in [0, 0.05) is 15.2 Å². The quantitative estimate of drug-likeness (QED) is 0.233. The van der Waals surface area contributed by atoms with E-state index >= 15 is 0 Å². The summed E-state index contributed by atoms with van der Waals surface area (Å²) in [4.78, 5) is 26.6. The first-order valence-electron chi connectivity index (χ1n) is 7.23. The van der Waals surface area contributed by atoms with Crippen molar-refractivity contribution in [2.24, 2.45) is 4.99 Å². The van der Waals surface area contributed by atoms with Gasteiger partial charge in [0.2, 0.25) is 5.90 Å². The van der Waals surface area contributed by atoms with Crippen molar-refractivity contribution >= 4 is 46.2 Å². The number of nitrogens with zero attached hydrogens (tertiary/aromatic N) is 2. The van der Waals surface area contributed by atoms with Gasteiger partial charge in [-0.05, 0) is 59.0 Å². The molecule has 2 aromatic rings. The van der Waals surface area contributed by atoms with Gasteiger partial charge in [0.05, 0.1) is 10.5 Å². The van der Waals surface area contributed by atoms with Crippen molar-refractivity contribution in [2.45, 2.75) is 0 Å². The molecule has 1 aliphatic heterocycles. The first-order chi connectivity index (χ1) is 12.0. The molecule has 2 aromatic carbocycles. The van der Waals surface area contributed by atoms with Crippen molar-refractivity contribution < 1.29 is 14.5 Å². The average molecular weight is 446 g/mol. The van der Waals surface area contributed by atoms with Gasteiger partial charge in [-0.2, -0.15) is 0 Å². The van der Waals surface area contributed by atoms with Crippen LogP contribution in [0.1, 0.15) is 11.1 Å². The third-order valence-corrected chi connectivity index (χ3v) is 4.03. The van der Waals surface area contributed by atoms with E-state index in [4.69, 9.17) is 4.74 Å². The molecule has 124 valence electrons. The Labute approximate surface area is 156 Å². The number of nitro benzene ring substituents is 1. The van der Waals surface area contributed by atoms with E-state index in [1.807, 2.05) is 18.2 Å². The maximum Gasteiger partial charge on any atom is 0.363 e. The summed E-state index contributed by atoms with van der Waals surface area (Å²) in [6.45, 7) is 0. The lowest BCUT2D eigenvalue weighted by molar-refractivity contribution is -0.385. The van der Waals surface area contributed by atoms with Gasteiger partial charge in [-0.3, -0.25) is 10.1 Å². The van der Waals surface area contributed by atoms with Gasteiger partial charge >= 0.3 is 5.97 Å². The molecular formula is C18H11IN2O4. The van der Waals surface area contributed by atoms with Gasteiger partial charge in [0.1, 0.15) is 0 Å². The molecule has 0 spiro atoms. The average Bonchev–Trinajstić information content (AvgIpc) is 2.96. The van der Waals surface area contributed by atoms with Crippen LogP contribution in [-0.2, 0) is 9.53 Å². The lowest BCUT2D eigenvalue weighted by atomic mass is 10.1. The highest BCUT2D eigenvalue weighted by molar-refractivity contribution is 14.1. The van der Waals surface area contributed by atoms with E-state index in [1.165, 1.54) is 12.1 Å². The maximum atomic E-state index is 11.9. The van der Waals surface area contributed by atoms with Crippen LogP contribution in [0.5, 0.6) is 0 Å². The number of ether oxygens (including phenoxy) is 1. The smallest absolute Gasteiger partial charge is 0.363 e. The zero-order chi connectivity index (χ0) is 17.8. The summed E-state index contributed by atoms with van der Waals surface area (Å²) in [6, 6.07) is 13.8. The molecule has 0 saturated heterocycles. The molecule has 0 unspecified atom stereocenters. The van der Waals surface area contributed by atoms with Crippen molar-refractivity contribution in [1.29, 1.82) is 0 Å². The molecule has 0 fully saturated rings. The predicted octanol–water partition coefficient (Wildman–Crippen LogP) is 4.10. The third kappa shape index (κ3) is 4.00. The SMILES string of the molecule is O=C1OC(c2cccc(I)c2)=N/C1=C\C=C\c1ccccc1[N+](=O)[O-]. The highest BCUT2D eigenvalue weighted by atomic mass is 127. The summed E-state index contributed by atoms with van der Waals surface area (Å²) >= 11 is 2.16. The number of rotatable bonds is 4. The van der Waals surface area contributed by atoms with Gasteiger partial charge in [-0.1, -0.05) is 24.3 Å². The van der Waals surface area contributed by atoms with E-state index in [-0.39, 0.29) is 17.3 Å². The number of hydrogen-bond acceptors (Lipinski definition) is 5. The number of halogens is 1. The van der Waals surface area contributed by atoms with Crippen molar-refractivity contribution in [2.75, 3.05) is 0 Å². The number of esters is 1. The third-order valence-electron chi connectivity index (χ3n) is 3.36. The van der Waals surface area contributed by atoms with Gasteiger partial charge < -0.3 is 4.74 Å². The van der Waals surface area contributed by atoms with Crippen molar-refractivity contribution in [1.82, 2.24) is 0 Å². The number of carbonyl (C=O) groups excluding carboxylic acids is 1. The van der Waals surface area contributed by atoms with E-state index in [0.29, 0.717) is 11.1 Å². The number of aliphatic imine (C=N–C) groups is 1. The fourth-order valence-corrected chi connectivity index (χ4v) is 2.75. The molecular weight excluding hydrogens is 435 g/mol. The van der Waals surface area contributed by atoms with Crippen LogP contribution in [0, 0.1) is 13.7 Å². The number of carbonyl (C=O) groups is 1. The molecule has 3 rings (SSSR count). The molecule has 0 radical (unpaired) electrons. The Balaban J connectivity index is 1.84. The first kappa shape index (κ1) is 17.0. The van der Waals surface area contributed by atoms with Crippen molar-refractivity contribution in [3.05, 3.63) is 91.2 Å². The molecule has 25 heavy (non-hydrogen) atoms. The van der Waals surface area contributed by atoms with Gasteiger partial charge in [-0.25, -0.2) is 9.79 Å². The minimum absolute atomic E-state index is 0.00537. The molecule has 0 saturated carbocycles. The molecule has 0 N–H and O–H groups in total. The van der Waals surface area contributed by atoms with Crippen molar-refractivity contribution in [3.8, 4) is 0 Å². The van der Waals surface area contributed by atoms with E-state index in [0.717, 1.165) is 3.57 Å². The molecule has 7 heteroatoms. The standard InChI is InChI=1S/C18H11IN2O4/c19-14-8-3-7-13(11-14)17-20-15(18(22)25-17)9-4-6-12-5-1-2-10-16(12)21(23)24/h1-11H/b6-4+,15-9-. The van der Waals surface area contributed by atoms with Crippen molar-refractivity contribution in [3.63, 3.8) is 0 Å². The summed E-state index contributed by atoms with van der Waals surface area (Å²) < 4.78 is 6.18. The second-order valence-corrected chi connectivity index (χ2v) is 6.29. The molecule has 0 aliphatic carbocycles. The maximum absolute atomic E-state index is 11.9. The highest BCUT2D eigenvalue weighted by Gasteiger charge is 2.23. The van der Waals surface area contributed by atoms with Crippen LogP contribution in [0.3, 0.4) is 0 Å². The molecule has 0 amide bonds. The van der Waals surface area contributed by atoms with Crippen LogP contribution in [0.2, 0.25) is 0 Å². The Bertz CT molecular complexity index is 948. The Morgan fingerprint density at radius 1 is 1.16 bits per heavy atom. The van der Waals surface area contributed by atoms with E-state index in [9.17, 15) is 14.9 Å². The Kier molecular flexibility index (Phi) is 5.03. The van der Waals surface area contributed by atoms with Gasteiger partial charge in [-0.15, -0.1) is 0 Å². The zero-order valence-corrected chi connectivity index (χ0v) is 14.9. The number of cyclic esters (lactones) is 1. The second-order valence-electron chi connectivity index (χ2n) is 5.04. The summed E-state index contributed by atoms with van der Waals surface area (Å²) in [5.41, 5.74) is 1.29. The van der Waals surface area contributed by atoms with Crippen LogP contribution in [0.25, 0.3) is 6.08 Å². The van der Waals surface area contributed by atoms with Gasteiger partial charge in [0.15, 0.2) is 5.70 Å². The highest BCUT2D eigenvalue weighted by Crippen LogP contribution is 2.21. The topological polar surface area (TPSA) is 81.8 Å². The number of hydrogen-bond donors (Lipinski definition) is 0. The minimum Gasteiger partial charge on any atom is -0.402 e. The number of para-hydroxylation sites is 1. The Hall–Kier alpha value is -2.81. The minimum atomic E-state index is -0.555. The molecule has 0 atom stereocenters. The van der Waals surface area contributed by atoms with Crippen LogP contribution < -0.4 is 0 Å². The fraction of sp³-hybridized carbons (Fsp3) is 0. The summed E-state index contributed by atoms with van der Waals surface area (Å²) in [7, 11) is 0. The lowest BCUT2D eigenvalue weighted by Crippen LogP contribution is -2.05. The zero-order valence-electron chi connectivity index (χ0n) is 12.8. The number of allylic oxidation sites excluding steroid dienone is 2. The van der Waals surface area contributed by atoms with Gasteiger partial charge in [0.25, 0.3) is 5.69 Å². The van der Waals surface area contributed by atoms with E-state index < -0.39 is 10.9 Å². The monoisotopic (exact) mass is 446 g/mol. The summed E-state index contributed by atoms with van der Waals surface area (Å²) in [6.07, 6.45) is 4.57. The normalized spacial score (nSPS) is 15.5. The van der Waals surface area contributed by atoms with Crippen LogP contribution >= 0.6 is 22.6 Å². The number of nitro groups is 1. The van der Waals surface area contributed by atoms with Crippen LogP contribution in [-0.4, -0.2) is 16.8 Å². The molecule has 0 aromatic heterocycles. The number of benzene rings is 2. The predicted molar refractivity (Wildman–Crippen MR) is 102 cm³/mol. The molecule has 0 bridgehead atoms. The Morgan fingerprint density at radius 3 is 2.72 bits per heavy atom. The van der Waals surface area contributed by atoms with Crippen LogP contribution in [0.4, 0.5) is 5.69 Å². The largest absolute Gasteiger partial charge is 0.402 e.